The molecule has 0 N–H and O–H groups in total. The topological polar surface area (TPSA) is 0 Å². The van der Waals surface area contributed by atoms with Crippen LogP contribution in [0.5, 0.6) is 0 Å². The van der Waals surface area contributed by atoms with Crippen LogP contribution in [0.2, 0.25) is 6.55 Å². The Labute approximate surface area is 51.4 Å². The van der Waals surface area contributed by atoms with Crippen LogP contribution in [0.1, 0.15) is 0 Å². The molecule has 0 atom stereocenters. The van der Waals surface area contributed by atoms with Crippen molar-refractivity contribution in [3.05, 3.63) is 0 Å². The number of hydrogen-bond acceptors (Lipinski definition) is 0. The Hall–Kier alpha value is 1.27. The molecule has 0 aliphatic rings. The molecule has 0 aromatic heterocycles. The summed E-state index contributed by atoms with van der Waals surface area (Å²) >= 11 is 0. The van der Waals surface area contributed by atoms with Crippen LogP contribution in [0.3, 0.4) is 0 Å². The van der Waals surface area contributed by atoms with Gasteiger partial charge >= 0.3 is 0 Å². The Morgan fingerprint density at radius 1 is 1.25 bits per heavy atom. The summed E-state index contributed by atoms with van der Waals surface area (Å²) in [7, 11) is 1.31. The quantitative estimate of drug-likeness (QED) is 0.341. The minimum absolute atomic E-state index is 0. The Balaban J connectivity index is -0.00000000500. The largest absolute Gasteiger partial charge is 0.187 e. The van der Waals surface area contributed by atoms with Gasteiger partial charge in [0, 0.05) is 17.1 Å². The van der Waals surface area contributed by atoms with Crippen molar-refractivity contribution in [2.45, 2.75) is 6.55 Å². The van der Waals surface area contributed by atoms with Crippen molar-refractivity contribution < 1.29 is 17.1 Å². The summed E-state index contributed by atoms with van der Waals surface area (Å²) in [5.74, 6) is 0. The fraction of sp³-hybridized carbons (Fsp3) is 1.00. The van der Waals surface area contributed by atoms with E-state index < -0.39 is 0 Å². The predicted molar refractivity (Wildman–Crippen MR) is 25.7 cm³/mol. The summed E-state index contributed by atoms with van der Waals surface area (Å²) in [4.78, 5) is 0. The molecule has 0 nitrogen and oxygen atoms in total. The fourth-order valence-electron chi connectivity index (χ4n) is 0. The van der Waals surface area contributed by atoms with Gasteiger partial charge in [0.1, 0.15) is 0 Å². The molecule has 0 heterocycles. The summed E-state index contributed by atoms with van der Waals surface area (Å²) in [6.07, 6.45) is 0. The van der Waals surface area contributed by atoms with Crippen molar-refractivity contribution in [1.82, 2.24) is 0 Å². The van der Waals surface area contributed by atoms with E-state index in [0.717, 1.165) is 0 Å². The van der Waals surface area contributed by atoms with Crippen LogP contribution in [-0.4, -0.2) is 27.6 Å². The van der Waals surface area contributed by atoms with E-state index in [4.69, 9.17) is 0 Å². The normalized spacial score (nSPS) is 2.25. The molecule has 0 aliphatic carbocycles. The zero-order valence-corrected chi connectivity index (χ0v) is 5.56. The molecule has 0 aromatic carbocycles. The van der Waals surface area contributed by atoms with Crippen molar-refractivity contribution in [1.29, 1.82) is 0 Å². The van der Waals surface area contributed by atoms with E-state index in [0.29, 0.717) is 0 Å². The molecule has 0 bridgehead atoms. The van der Waals surface area contributed by atoms with E-state index in [-0.39, 0.29) is 34.4 Å². The second kappa shape index (κ2) is 28.3. The molecule has 0 amide bonds. The first-order valence-corrected chi connectivity index (χ1v) is 3.00. The SMILES string of the molecule is C[SiH3].[AlH3].[Mn]. The van der Waals surface area contributed by atoms with Gasteiger partial charge < -0.3 is 0 Å². The average Bonchev–Trinajstić information content (AvgIpc) is 1.00. The standard InChI is InChI=1S/CH6Si.Al.Mn.3H/c1-2;;;;;/h1-2H3;;;;;. The molecule has 0 saturated heterocycles. The Morgan fingerprint density at radius 3 is 1.25 bits per heavy atom. The minimum atomic E-state index is 0. The molecule has 1 radical (unpaired) electrons. The average molecular weight is 131 g/mol. The molecule has 27 valence electrons. The van der Waals surface area contributed by atoms with Crippen LogP contribution in [0.15, 0.2) is 0 Å². The monoisotopic (exact) mass is 131 g/mol. The van der Waals surface area contributed by atoms with Gasteiger partial charge in [-0.1, -0.05) is 6.55 Å². The van der Waals surface area contributed by atoms with Crippen LogP contribution in [0.25, 0.3) is 0 Å². The van der Waals surface area contributed by atoms with Gasteiger partial charge in [-0.25, -0.2) is 0 Å². The van der Waals surface area contributed by atoms with Gasteiger partial charge in [-0.2, -0.15) is 0 Å². The van der Waals surface area contributed by atoms with E-state index in [9.17, 15) is 0 Å². The molecule has 3 heteroatoms. The molecule has 0 aromatic rings. The summed E-state index contributed by atoms with van der Waals surface area (Å²) in [5.41, 5.74) is 0. The number of rotatable bonds is 0. The third-order valence-electron chi connectivity index (χ3n) is 0. The smallest absolute Gasteiger partial charge is 0.0777 e. The van der Waals surface area contributed by atoms with Gasteiger partial charge in [-0.15, -0.1) is 0 Å². The maximum Gasteiger partial charge on any atom is 0.187 e. The maximum absolute atomic E-state index is 2.14. The van der Waals surface area contributed by atoms with Gasteiger partial charge in [-0.3, -0.25) is 0 Å². The zero-order valence-electron chi connectivity index (χ0n) is 2.38. The van der Waals surface area contributed by atoms with Crippen LogP contribution in [-0.2, 0) is 17.1 Å². The summed E-state index contributed by atoms with van der Waals surface area (Å²) in [6.45, 7) is 2.14. The molecular weight excluding hydrogens is 122 g/mol. The maximum atomic E-state index is 2.14. The summed E-state index contributed by atoms with van der Waals surface area (Å²) < 4.78 is 0. The van der Waals surface area contributed by atoms with Gasteiger partial charge in [0.2, 0.25) is 0 Å². The minimum Gasteiger partial charge on any atom is -0.0777 e. The van der Waals surface area contributed by atoms with E-state index >= 15 is 0 Å². The van der Waals surface area contributed by atoms with Gasteiger partial charge in [0.05, 0.1) is 0 Å². The zero-order chi connectivity index (χ0) is 2.00. The molecule has 0 unspecified atom stereocenters. The fourth-order valence-corrected chi connectivity index (χ4v) is 0. The molecule has 0 spiro atoms. The van der Waals surface area contributed by atoms with Gasteiger partial charge in [0.15, 0.2) is 17.4 Å². The molecule has 0 fully saturated rings. The molecular formula is CH9AlMnSi. The van der Waals surface area contributed by atoms with E-state index in [1.54, 1.807) is 0 Å². The summed E-state index contributed by atoms with van der Waals surface area (Å²) in [5, 5.41) is 0. The van der Waals surface area contributed by atoms with Crippen molar-refractivity contribution >= 4 is 27.6 Å². The van der Waals surface area contributed by atoms with E-state index in [1.165, 1.54) is 10.2 Å². The van der Waals surface area contributed by atoms with Gasteiger partial charge in [0.25, 0.3) is 0 Å². The molecule has 4 heavy (non-hydrogen) atoms. The van der Waals surface area contributed by atoms with Crippen molar-refractivity contribution in [2.75, 3.05) is 0 Å². The first kappa shape index (κ1) is 18.7. The van der Waals surface area contributed by atoms with Gasteiger partial charge in [-0.05, 0) is 10.2 Å². The predicted octanol–water partition coefficient (Wildman–Crippen LogP) is -1.79. The third-order valence-corrected chi connectivity index (χ3v) is 0. The van der Waals surface area contributed by atoms with Crippen molar-refractivity contribution in [3.63, 3.8) is 0 Å². The van der Waals surface area contributed by atoms with Crippen LogP contribution in [0, 0.1) is 0 Å². The van der Waals surface area contributed by atoms with E-state index in [2.05, 4.69) is 6.55 Å². The van der Waals surface area contributed by atoms with Crippen molar-refractivity contribution in [3.8, 4) is 0 Å². The van der Waals surface area contributed by atoms with Crippen LogP contribution < -0.4 is 0 Å². The molecule has 0 aliphatic heterocycles. The Kier molecular flexibility index (Phi) is 132. The summed E-state index contributed by atoms with van der Waals surface area (Å²) in [6, 6.07) is 0. The second-order valence-corrected chi connectivity index (χ2v) is 0. The Bertz CT molecular complexity index is 8.00. The third kappa shape index (κ3) is 10.5. The first-order chi connectivity index (χ1) is 1.00. The molecule has 0 rings (SSSR count). The van der Waals surface area contributed by atoms with Crippen LogP contribution >= 0.6 is 0 Å². The second-order valence-electron chi connectivity index (χ2n) is 0. The molecule has 0 saturated carbocycles. The Morgan fingerprint density at radius 2 is 1.25 bits per heavy atom. The number of hydrogen-bond donors (Lipinski definition) is 0. The van der Waals surface area contributed by atoms with Crippen molar-refractivity contribution in [2.24, 2.45) is 0 Å². The van der Waals surface area contributed by atoms with E-state index in [1.807, 2.05) is 0 Å². The first-order valence-electron chi connectivity index (χ1n) is 1.00. The van der Waals surface area contributed by atoms with Crippen LogP contribution in [0.4, 0.5) is 0 Å².